The normalized spacial score (nSPS) is 20.5. The minimum Gasteiger partial charge on any atom is -0.350 e. The number of nitrogens with one attached hydrogen (secondary N) is 1. The molecule has 2 aliphatic heterocycles. The van der Waals surface area contributed by atoms with Gasteiger partial charge in [-0.1, -0.05) is 24.3 Å². The van der Waals surface area contributed by atoms with Crippen LogP contribution in [0, 0.1) is 0 Å². The molecule has 2 aromatic rings. The van der Waals surface area contributed by atoms with Crippen LogP contribution in [0.5, 0.6) is 0 Å². The largest absolute Gasteiger partial charge is 0.350 e. The van der Waals surface area contributed by atoms with Crippen molar-refractivity contribution in [1.82, 2.24) is 20.2 Å². The van der Waals surface area contributed by atoms with Crippen LogP contribution in [-0.4, -0.2) is 53.0 Å². The number of fused-ring (bicyclic) bond motifs is 1. The lowest BCUT2D eigenvalue weighted by Crippen LogP contribution is -2.50. The van der Waals surface area contributed by atoms with Crippen LogP contribution in [0.2, 0.25) is 0 Å². The van der Waals surface area contributed by atoms with Crippen LogP contribution in [0.25, 0.3) is 0 Å². The average molecular weight is 351 g/mol. The van der Waals surface area contributed by atoms with E-state index in [4.69, 9.17) is 0 Å². The van der Waals surface area contributed by atoms with Crippen LogP contribution in [-0.2, 0) is 17.8 Å². The van der Waals surface area contributed by atoms with Crippen LogP contribution >= 0.6 is 0 Å². The SMILES string of the molecule is O=C(CN1CCc2ccccc2C1)N[C@@H]1CCCN(c2ncccn2)C1. The zero-order valence-corrected chi connectivity index (χ0v) is 15.0. The molecule has 0 bridgehead atoms. The van der Waals surface area contributed by atoms with E-state index in [2.05, 4.69) is 49.4 Å². The molecule has 1 saturated heterocycles. The van der Waals surface area contributed by atoms with Gasteiger partial charge in [0.05, 0.1) is 6.54 Å². The fourth-order valence-electron chi connectivity index (χ4n) is 3.90. The minimum atomic E-state index is 0.116. The molecule has 26 heavy (non-hydrogen) atoms. The van der Waals surface area contributed by atoms with Gasteiger partial charge < -0.3 is 10.2 Å². The van der Waals surface area contributed by atoms with E-state index in [-0.39, 0.29) is 11.9 Å². The lowest BCUT2D eigenvalue weighted by atomic mass is 10.00. The number of amides is 1. The Morgan fingerprint density at radius 2 is 1.92 bits per heavy atom. The summed E-state index contributed by atoms with van der Waals surface area (Å²) in [7, 11) is 0. The van der Waals surface area contributed by atoms with Gasteiger partial charge in [0.1, 0.15) is 0 Å². The van der Waals surface area contributed by atoms with Gasteiger partial charge in [0.15, 0.2) is 0 Å². The van der Waals surface area contributed by atoms with Gasteiger partial charge >= 0.3 is 0 Å². The van der Waals surface area contributed by atoms with Crippen molar-refractivity contribution in [3.63, 3.8) is 0 Å². The number of aromatic nitrogens is 2. The first-order valence-electron chi connectivity index (χ1n) is 9.38. The zero-order chi connectivity index (χ0) is 17.8. The highest BCUT2D eigenvalue weighted by Crippen LogP contribution is 2.18. The topological polar surface area (TPSA) is 61.4 Å². The number of piperidine rings is 1. The molecule has 1 amide bonds. The van der Waals surface area contributed by atoms with E-state index in [1.165, 1.54) is 11.1 Å². The third-order valence-electron chi connectivity index (χ3n) is 5.20. The summed E-state index contributed by atoms with van der Waals surface area (Å²) < 4.78 is 0. The van der Waals surface area contributed by atoms with Gasteiger partial charge in [-0.05, 0) is 36.5 Å². The van der Waals surface area contributed by atoms with E-state index < -0.39 is 0 Å². The molecule has 6 heteroatoms. The second-order valence-corrected chi connectivity index (χ2v) is 7.13. The zero-order valence-electron chi connectivity index (χ0n) is 15.0. The smallest absolute Gasteiger partial charge is 0.234 e. The van der Waals surface area contributed by atoms with Crippen molar-refractivity contribution in [3.05, 3.63) is 53.9 Å². The Kier molecular flexibility index (Phi) is 5.11. The molecule has 0 radical (unpaired) electrons. The molecule has 0 unspecified atom stereocenters. The summed E-state index contributed by atoms with van der Waals surface area (Å²) in [5, 5.41) is 3.21. The number of anilines is 1. The van der Waals surface area contributed by atoms with Crippen LogP contribution in [0.15, 0.2) is 42.7 Å². The number of nitrogens with zero attached hydrogens (tertiary/aromatic N) is 4. The third kappa shape index (κ3) is 4.02. The van der Waals surface area contributed by atoms with E-state index in [1.807, 2.05) is 6.07 Å². The highest BCUT2D eigenvalue weighted by Gasteiger charge is 2.24. The van der Waals surface area contributed by atoms with Crippen LogP contribution in [0.3, 0.4) is 0 Å². The monoisotopic (exact) mass is 351 g/mol. The molecule has 0 saturated carbocycles. The Labute approximate surface area is 154 Å². The van der Waals surface area contributed by atoms with Gasteiger partial charge in [-0.25, -0.2) is 9.97 Å². The summed E-state index contributed by atoms with van der Waals surface area (Å²) in [6.45, 7) is 3.99. The van der Waals surface area contributed by atoms with Crippen molar-refractivity contribution < 1.29 is 4.79 Å². The number of hydrogen-bond acceptors (Lipinski definition) is 5. The number of carbonyl (C=O) groups excluding carboxylic acids is 1. The first-order valence-corrected chi connectivity index (χ1v) is 9.38. The highest BCUT2D eigenvalue weighted by molar-refractivity contribution is 5.78. The summed E-state index contributed by atoms with van der Waals surface area (Å²) in [6, 6.07) is 10.5. The fraction of sp³-hybridized carbons (Fsp3) is 0.450. The molecule has 1 aromatic carbocycles. The van der Waals surface area contributed by atoms with E-state index in [0.717, 1.165) is 51.4 Å². The fourth-order valence-corrected chi connectivity index (χ4v) is 3.90. The van der Waals surface area contributed by atoms with Crippen LogP contribution in [0.1, 0.15) is 24.0 Å². The maximum absolute atomic E-state index is 12.5. The lowest BCUT2D eigenvalue weighted by Gasteiger charge is -2.34. The summed E-state index contributed by atoms with van der Waals surface area (Å²) in [6.07, 6.45) is 6.60. The molecule has 1 aromatic heterocycles. The molecule has 1 atom stereocenters. The standard InChI is InChI=1S/C20H25N5O/c26-19(15-24-12-8-16-5-1-2-6-17(16)13-24)23-18-7-3-11-25(14-18)20-21-9-4-10-22-20/h1-2,4-6,9-10,18H,3,7-8,11-15H2,(H,23,26)/t18-/m1/s1. The molecule has 0 spiro atoms. The Balaban J connectivity index is 1.30. The molecule has 2 aliphatic rings. The Hall–Kier alpha value is -2.47. The van der Waals surface area contributed by atoms with Crippen molar-refractivity contribution in [2.75, 3.05) is 31.1 Å². The first-order chi connectivity index (χ1) is 12.8. The van der Waals surface area contributed by atoms with Crippen LogP contribution < -0.4 is 10.2 Å². The van der Waals surface area contributed by atoms with Crippen molar-refractivity contribution in [3.8, 4) is 0 Å². The summed E-state index contributed by atoms with van der Waals surface area (Å²) in [5.74, 6) is 0.865. The van der Waals surface area contributed by atoms with Gasteiger partial charge in [0.25, 0.3) is 0 Å². The predicted octanol–water partition coefficient (Wildman–Crippen LogP) is 1.62. The van der Waals surface area contributed by atoms with Gasteiger partial charge in [0.2, 0.25) is 11.9 Å². The molecular formula is C20H25N5O. The van der Waals surface area contributed by atoms with E-state index in [1.54, 1.807) is 12.4 Å². The minimum absolute atomic E-state index is 0.116. The Morgan fingerprint density at radius 3 is 2.77 bits per heavy atom. The van der Waals surface area contributed by atoms with Gasteiger partial charge in [-0.15, -0.1) is 0 Å². The molecule has 3 heterocycles. The number of rotatable bonds is 4. The number of benzene rings is 1. The molecule has 0 aliphatic carbocycles. The van der Waals surface area contributed by atoms with Gasteiger partial charge in [-0.3, -0.25) is 9.69 Å². The molecule has 1 fully saturated rings. The maximum Gasteiger partial charge on any atom is 0.234 e. The summed E-state index contributed by atoms with van der Waals surface area (Å²) in [5.41, 5.74) is 2.76. The third-order valence-corrected chi connectivity index (χ3v) is 5.20. The molecule has 136 valence electrons. The lowest BCUT2D eigenvalue weighted by molar-refractivity contribution is -0.123. The van der Waals surface area contributed by atoms with Gasteiger partial charge in [0, 0.05) is 44.6 Å². The second kappa shape index (κ2) is 7.83. The summed E-state index contributed by atoms with van der Waals surface area (Å²) in [4.78, 5) is 25.6. The van der Waals surface area contributed by atoms with E-state index >= 15 is 0 Å². The van der Waals surface area contributed by atoms with Crippen molar-refractivity contribution in [2.45, 2.75) is 31.8 Å². The first kappa shape index (κ1) is 17.0. The molecule has 4 rings (SSSR count). The van der Waals surface area contributed by atoms with Crippen molar-refractivity contribution in [1.29, 1.82) is 0 Å². The maximum atomic E-state index is 12.5. The van der Waals surface area contributed by atoms with E-state index in [9.17, 15) is 4.79 Å². The molecule has 6 nitrogen and oxygen atoms in total. The number of carbonyl (C=O) groups is 1. The van der Waals surface area contributed by atoms with E-state index in [0.29, 0.717) is 6.54 Å². The highest BCUT2D eigenvalue weighted by atomic mass is 16.2. The molecule has 1 N–H and O–H groups in total. The molecular weight excluding hydrogens is 326 g/mol. The summed E-state index contributed by atoms with van der Waals surface area (Å²) >= 11 is 0. The van der Waals surface area contributed by atoms with Crippen molar-refractivity contribution >= 4 is 11.9 Å². The Morgan fingerprint density at radius 1 is 1.12 bits per heavy atom. The van der Waals surface area contributed by atoms with Crippen molar-refractivity contribution in [2.24, 2.45) is 0 Å². The van der Waals surface area contributed by atoms with Crippen LogP contribution in [0.4, 0.5) is 5.95 Å². The van der Waals surface area contributed by atoms with Gasteiger partial charge in [-0.2, -0.15) is 0 Å². The second-order valence-electron chi connectivity index (χ2n) is 7.13. The Bertz CT molecular complexity index is 751. The number of hydrogen-bond donors (Lipinski definition) is 1. The average Bonchev–Trinajstić information content (AvgIpc) is 2.69. The predicted molar refractivity (Wildman–Crippen MR) is 101 cm³/mol. The quantitative estimate of drug-likeness (QED) is 0.907.